The topological polar surface area (TPSA) is 75.3 Å². The first-order valence-electron chi connectivity index (χ1n) is 10.7. The zero-order valence-corrected chi connectivity index (χ0v) is 20.0. The van der Waals surface area contributed by atoms with E-state index in [4.69, 9.17) is 0 Å². The minimum Gasteiger partial charge on any atom is -0.345 e. The zero-order valence-electron chi connectivity index (χ0n) is 19.2. The van der Waals surface area contributed by atoms with E-state index >= 15 is 0 Å². The first kappa shape index (κ1) is 23.5. The van der Waals surface area contributed by atoms with E-state index in [0.717, 1.165) is 28.7 Å². The minimum atomic E-state index is -3.86. The lowest BCUT2D eigenvalue weighted by Gasteiger charge is -2.19. The Morgan fingerprint density at radius 1 is 0.906 bits per heavy atom. The summed E-state index contributed by atoms with van der Waals surface area (Å²) in [6.07, 6.45) is 0.722. The molecule has 168 valence electrons. The maximum absolute atomic E-state index is 13.1. The molecule has 3 aromatic carbocycles. The van der Waals surface area contributed by atoms with Crippen LogP contribution >= 0.6 is 0 Å². The Labute approximate surface area is 190 Å². The van der Waals surface area contributed by atoms with Gasteiger partial charge in [-0.25, -0.2) is 8.42 Å². The predicted molar refractivity (Wildman–Crippen MR) is 130 cm³/mol. The van der Waals surface area contributed by atoms with Gasteiger partial charge in [0, 0.05) is 5.56 Å². The van der Waals surface area contributed by atoms with Crippen molar-refractivity contribution in [1.29, 1.82) is 0 Å². The molecule has 0 aromatic heterocycles. The molecule has 0 radical (unpaired) electrons. The molecule has 0 aliphatic carbocycles. The molecule has 0 saturated carbocycles. The Kier molecular flexibility index (Phi) is 7.04. The number of carbonyl (C=O) groups excluding carboxylic acids is 1. The fraction of sp³-hybridized carbons (Fsp3) is 0.269. The number of nitrogens with one attached hydrogen (secondary N) is 2. The second-order valence-electron chi connectivity index (χ2n) is 8.18. The summed E-state index contributed by atoms with van der Waals surface area (Å²) in [6, 6.07) is 18.1. The Bertz CT molecular complexity index is 1230. The normalized spacial score (nSPS) is 12.3. The quantitative estimate of drug-likeness (QED) is 0.492. The summed E-state index contributed by atoms with van der Waals surface area (Å²) in [5.74, 6) is -0.305. The van der Waals surface area contributed by atoms with E-state index < -0.39 is 10.0 Å². The fourth-order valence-electron chi connectivity index (χ4n) is 3.55. The van der Waals surface area contributed by atoms with Crippen molar-refractivity contribution < 1.29 is 13.2 Å². The van der Waals surface area contributed by atoms with E-state index in [1.165, 1.54) is 6.07 Å². The number of benzene rings is 3. The van der Waals surface area contributed by atoms with Crippen LogP contribution in [0.15, 0.2) is 65.6 Å². The summed E-state index contributed by atoms with van der Waals surface area (Å²) < 4.78 is 29.0. The van der Waals surface area contributed by atoms with Crippen molar-refractivity contribution in [2.45, 2.75) is 52.0 Å². The summed E-state index contributed by atoms with van der Waals surface area (Å²) in [7, 11) is -3.86. The molecule has 3 aromatic rings. The number of sulfonamides is 1. The minimum absolute atomic E-state index is 0.0921. The van der Waals surface area contributed by atoms with Gasteiger partial charge in [-0.1, -0.05) is 55.0 Å². The van der Waals surface area contributed by atoms with Crippen LogP contribution in [-0.4, -0.2) is 14.3 Å². The van der Waals surface area contributed by atoms with Crippen molar-refractivity contribution in [2.75, 3.05) is 4.72 Å². The molecule has 3 rings (SSSR count). The molecule has 0 aliphatic rings. The van der Waals surface area contributed by atoms with Gasteiger partial charge in [0.05, 0.1) is 16.6 Å². The highest BCUT2D eigenvalue weighted by Gasteiger charge is 2.21. The molecule has 1 atom stereocenters. The van der Waals surface area contributed by atoms with E-state index in [1.807, 2.05) is 64.1 Å². The monoisotopic (exact) mass is 450 g/mol. The third-order valence-electron chi connectivity index (χ3n) is 5.78. The number of amides is 1. The van der Waals surface area contributed by atoms with Gasteiger partial charge in [-0.2, -0.15) is 0 Å². The molecule has 0 spiro atoms. The van der Waals surface area contributed by atoms with Gasteiger partial charge in [-0.15, -0.1) is 0 Å². The number of rotatable bonds is 7. The van der Waals surface area contributed by atoms with Gasteiger partial charge in [0.1, 0.15) is 0 Å². The van der Waals surface area contributed by atoms with Crippen LogP contribution in [0.3, 0.4) is 0 Å². The standard InChI is InChI=1S/C26H30N2O3S/c1-6-23(21-13-10-17(2)11-14-21)27-26(29)22-15-12-19(4)25(16-22)32(30,31)28-24-9-7-8-18(3)20(24)5/h7-16,23,28H,6H2,1-5H3,(H,27,29)/t23-/m1/s1. The van der Waals surface area contributed by atoms with Crippen LogP contribution < -0.4 is 10.0 Å². The molecule has 0 heterocycles. The maximum atomic E-state index is 13.1. The van der Waals surface area contributed by atoms with E-state index in [-0.39, 0.29) is 16.8 Å². The molecule has 0 aliphatic heterocycles. The molecule has 32 heavy (non-hydrogen) atoms. The van der Waals surface area contributed by atoms with Crippen molar-refractivity contribution in [3.8, 4) is 0 Å². The van der Waals surface area contributed by atoms with Crippen molar-refractivity contribution in [3.05, 3.63) is 94.0 Å². The summed E-state index contributed by atoms with van der Waals surface area (Å²) in [5.41, 5.74) is 5.45. The van der Waals surface area contributed by atoms with Crippen LogP contribution in [-0.2, 0) is 10.0 Å². The number of hydrogen-bond acceptors (Lipinski definition) is 3. The average molecular weight is 451 g/mol. The second-order valence-corrected chi connectivity index (χ2v) is 9.83. The molecule has 5 nitrogen and oxygen atoms in total. The Hall–Kier alpha value is -3.12. The van der Waals surface area contributed by atoms with Crippen LogP contribution in [0.4, 0.5) is 5.69 Å². The molecular weight excluding hydrogens is 420 g/mol. The SMILES string of the molecule is CC[C@@H](NC(=O)c1ccc(C)c(S(=O)(=O)Nc2cccc(C)c2C)c1)c1ccc(C)cc1. The van der Waals surface area contributed by atoms with E-state index in [1.54, 1.807) is 25.1 Å². The highest BCUT2D eigenvalue weighted by molar-refractivity contribution is 7.92. The van der Waals surface area contributed by atoms with E-state index in [2.05, 4.69) is 10.0 Å². The third-order valence-corrected chi connectivity index (χ3v) is 7.29. The van der Waals surface area contributed by atoms with Crippen molar-refractivity contribution in [1.82, 2.24) is 5.32 Å². The van der Waals surface area contributed by atoms with Crippen molar-refractivity contribution in [2.24, 2.45) is 0 Å². The second kappa shape index (κ2) is 9.57. The highest BCUT2D eigenvalue weighted by Crippen LogP contribution is 2.25. The summed E-state index contributed by atoms with van der Waals surface area (Å²) in [4.78, 5) is 13.1. The first-order valence-corrected chi connectivity index (χ1v) is 12.2. The van der Waals surface area contributed by atoms with Gasteiger partial charge in [-0.3, -0.25) is 9.52 Å². The lowest BCUT2D eigenvalue weighted by atomic mass is 10.0. The Balaban J connectivity index is 1.87. The maximum Gasteiger partial charge on any atom is 0.262 e. The van der Waals surface area contributed by atoms with Crippen LogP contribution in [0.5, 0.6) is 0 Å². The van der Waals surface area contributed by atoms with Gasteiger partial charge >= 0.3 is 0 Å². The molecule has 0 unspecified atom stereocenters. The largest absolute Gasteiger partial charge is 0.345 e. The van der Waals surface area contributed by atoms with Crippen LogP contribution in [0, 0.1) is 27.7 Å². The number of hydrogen-bond donors (Lipinski definition) is 2. The van der Waals surface area contributed by atoms with Gasteiger partial charge in [0.2, 0.25) is 0 Å². The molecule has 1 amide bonds. The fourth-order valence-corrected chi connectivity index (χ4v) is 4.95. The summed E-state index contributed by atoms with van der Waals surface area (Å²) in [6.45, 7) is 9.55. The predicted octanol–water partition coefficient (Wildman–Crippen LogP) is 5.60. The lowest BCUT2D eigenvalue weighted by Crippen LogP contribution is -2.28. The Morgan fingerprint density at radius 2 is 1.59 bits per heavy atom. The smallest absolute Gasteiger partial charge is 0.262 e. The molecule has 0 fully saturated rings. The molecule has 0 bridgehead atoms. The first-order chi connectivity index (χ1) is 15.1. The Morgan fingerprint density at radius 3 is 2.25 bits per heavy atom. The van der Waals surface area contributed by atoms with E-state index in [0.29, 0.717) is 16.8 Å². The number of anilines is 1. The summed E-state index contributed by atoms with van der Waals surface area (Å²) >= 11 is 0. The third kappa shape index (κ3) is 5.19. The summed E-state index contributed by atoms with van der Waals surface area (Å²) in [5, 5.41) is 3.03. The van der Waals surface area contributed by atoms with Gasteiger partial charge < -0.3 is 5.32 Å². The molecule has 2 N–H and O–H groups in total. The van der Waals surface area contributed by atoms with Crippen molar-refractivity contribution >= 4 is 21.6 Å². The number of aryl methyl sites for hydroxylation is 3. The van der Waals surface area contributed by atoms with Crippen molar-refractivity contribution in [3.63, 3.8) is 0 Å². The van der Waals surface area contributed by atoms with Crippen LogP contribution in [0.2, 0.25) is 0 Å². The average Bonchev–Trinajstić information content (AvgIpc) is 2.76. The van der Waals surface area contributed by atoms with Gasteiger partial charge in [-0.05, 0) is 74.6 Å². The molecule has 0 saturated heterocycles. The van der Waals surface area contributed by atoms with Gasteiger partial charge in [0.15, 0.2) is 0 Å². The highest BCUT2D eigenvalue weighted by atomic mass is 32.2. The lowest BCUT2D eigenvalue weighted by molar-refractivity contribution is 0.0935. The molecule has 6 heteroatoms. The van der Waals surface area contributed by atoms with Gasteiger partial charge in [0.25, 0.3) is 15.9 Å². The van der Waals surface area contributed by atoms with Crippen LogP contribution in [0.25, 0.3) is 0 Å². The van der Waals surface area contributed by atoms with E-state index in [9.17, 15) is 13.2 Å². The molecular formula is C26H30N2O3S. The van der Waals surface area contributed by atoms with Crippen LogP contribution in [0.1, 0.15) is 57.6 Å². The number of carbonyl (C=O) groups is 1. The zero-order chi connectivity index (χ0) is 23.5.